The molecule has 184 valence electrons. The molecule has 1 aromatic rings. The van der Waals surface area contributed by atoms with Crippen LogP contribution in [-0.2, 0) is 30.4 Å². The molecule has 2 bridgehead atoms. The first-order valence-electron chi connectivity index (χ1n) is 12.1. The van der Waals surface area contributed by atoms with Crippen LogP contribution in [-0.4, -0.2) is 37.4 Å². The quantitative estimate of drug-likeness (QED) is 0.368. The zero-order valence-corrected chi connectivity index (χ0v) is 20.7. The molecule has 1 saturated carbocycles. The predicted octanol–water partition coefficient (Wildman–Crippen LogP) is 5.16. The maximum Gasteiger partial charge on any atom is 0.351 e. The van der Waals surface area contributed by atoms with Gasteiger partial charge in [-0.05, 0) is 62.8 Å². The van der Waals surface area contributed by atoms with Crippen molar-refractivity contribution in [1.82, 2.24) is 0 Å². The maximum atomic E-state index is 13.3. The van der Waals surface area contributed by atoms with E-state index < -0.39 is 22.4 Å². The number of esters is 2. The molecule has 0 radical (unpaired) electrons. The van der Waals surface area contributed by atoms with E-state index in [1.54, 1.807) is 7.11 Å². The van der Waals surface area contributed by atoms with Crippen LogP contribution in [0.3, 0.4) is 0 Å². The Labute approximate surface area is 202 Å². The van der Waals surface area contributed by atoms with Crippen molar-refractivity contribution in [3.63, 3.8) is 0 Å². The van der Waals surface area contributed by atoms with Crippen LogP contribution in [0.25, 0.3) is 0 Å². The van der Waals surface area contributed by atoms with Crippen molar-refractivity contribution in [1.29, 1.82) is 0 Å². The van der Waals surface area contributed by atoms with Crippen LogP contribution in [0.1, 0.15) is 58.4 Å². The molecule has 6 heteroatoms. The third kappa shape index (κ3) is 3.86. The monoisotopic (exact) mass is 468 g/mol. The number of hydrogen-bond acceptors (Lipinski definition) is 6. The lowest BCUT2D eigenvalue weighted by molar-refractivity contribution is -0.186. The Balaban J connectivity index is 1.38. The SMILES string of the molecule is C=CC[C@@]1(COCc2ccc(OC)cc2)C=C[C@H](OC(=O)[C@@]23CC[C@@](C)(C(=O)O2)C3(C)C)CC1. The first-order valence-corrected chi connectivity index (χ1v) is 12.1. The summed E-state index contributed by atoms with van der Waals surface area (Å²) in [5.74, 6) is 0.104. The third-order valence-electron chi connectivity index (χ3n) is 8.63. The maximum absolute atomic E-state index is 13.3. The minimum absolute atomic E-state index is 0.180. The molecule has 0 amide bonds. The van der Waals surface area contributed by atoms with Crippen molar-refractivity contribution in [2.24, 2.45) is 16.2 Å². The van der Waals surface area contributed by atoms with Crippen molar-refractivity contribution >= 4 is 11.9 Å². The van der Waals surface area contributed by atoms with Crippen LogP contribution >= 0.6 is 0 Å². The van der Waals surface area contributed by atoms with Crippen molar-refractivity contribution in [2.45, 2.75) is 71.2 Å². The van der Waals surface area contributed by atoms with Crippen LogP contribution in [0, 0.1) is 16.2 Å². The lowest BCUT2D eigenvalue weighted by atomic mass is 9.66. The van der Waals surface area contributed by atoms with Gasteiger partial charge in [-0.15, -0.1) is 6.58 Å². The smallest absolute Gasteiger partial charge is 0.351 e. The second-order valence-electron chi connectivity index (χ2n) is 10.7. The van der Waals surface area contributed by atoms with E-state index in [1.807, 2.05) is 57.2 Å². The molecule has 2 fully saturated rings. The van der Waals surface area contributed by atoms with E-state index in [4.69, 9.17) is 18.9 Å². The minimum Gasteiger partial charge on any atom is -0.497 e. The predicted molar refractivity (Wildman–Crippen MR) is 128 cm³/mol. The number of rotatable bonds is 9. The normalized spacial score (nSPS) is 33.4. The van der Waals surface area contributed by atoms with E-state index in [-0.39, 0.29) is 17.5 Å². The van der Waals surface area contributed by atoms with Crippen LogP contribution in [0.2, 0.25) is 0 Å². The Morgan fingerprint density at radius 1 is 1.18 bits per heavy atom. The summed E-state index contributed by atoms with van der Waals surface area (Å²) in [5.41, 5.74) is -1.54. The Morgan fingerprint density at radius 2 is 1.91 bits per heavy atom. The summed E-state index contributed by atoms with van der Waals surface area (Å²) in [7, 11) is 1.65. The number of benzene rings is 1. The Kier molecular flexibility index (Phi) is 6.40. The summed E-state index contributed by atoms with van der Waals surface area (Å²) in [6.07, 6.45) is 9.05. The highest BCUT2D eigenvalue weighted by Crippen LogP contribution is 2.66. The van der Waals surface area contributed by atoms with Crippen LogP contribution < -0.4 is 4.74 Å². The molecule has 6 nitrogen and oxygen atoms in total. The average Bonchev–Trinajstić information content (AvgIpc) is 3.12. The molecule has 0 N–H and O–H groups in total. The van der Waals surface area contributed by atoms with E-state index in [0.717, 1.165) is 24.2 Å². The van der Waals surface area contributed by atoms with Gasteiger partial charge in [-0.2, -0.15) is 0 Å². The highest BCUT2D eigenvalue weighted by atomic mass is 16.6. The van der Waals surface area contributed by atoms with Gasteiger partial charge >= 0.3 is 11.9 Å². The summed E-state index contributed by atoms with van der Waals surface area (Å²) in [6, 6.07) is 7.84. The number of carbonyl (C=O) groups is 2. The Hall–Kier alpha value is -2.60. The molecule has 1 saturated heterocycles. The standard InChI is InChI=1S/C28H36O6/c1-6-13-27(19-32-18-20-7-9-21(31-5)10-8-20)14-11-22(12-15-27)33-24(30)28-17-16-26(4,23(29)34-28)25(28,2)3/h6-11,14,22H,1,12-13,15-19H2,2-5H3/t22-,26-,27+,28+/m0/s1. The number of ether oxygens (including phenoxy) is 4. The molecule has 0 spiro atoms. The lowest BCUT2D eigenvalue weighted by Crippen LogP contribution is -2.50. The van der Waals surface area contributed by atoms with Crippen LogP contribution in [0.15, 0.2) is 49.1 Å². The second kappa shape index (κ2) is 8.88. The highest BCUT2D eigenvalue weighted by molar-refractivity contribution is 5.93. The number of hydrogen-bond donors (Lipinski definition) is 0. The summed E-state index contributed by atoms with van der Waals surface area (Å²) >= 11 is 0. The van der Waals surface area contributed by atoms with Crippen molar-refractivity contribution in [2.75, 3.05) is 13.7 Å². The summed E-state index contributed by atoms with van der Waals surface area (Å²) in [5, 5.41) is 0. The van der Waals surface area contributed by atoms with E-state index in [2.05, 4.69) is 12.7 Å². The van der Waals surface area contributed by atoms with E-state index in [0.29, 0.717) is 32.5 Å². The number of fused-ring (bicyclic) bond motifs is 2. The second-order valence-corrected chi connectivity index (χ2v) is 10.7. The molecular weight excluding hydrogens is 432 g/mol. The molecule has 0 unspecified atom stereocenters. The van der Waals surface area contributed by atoms with Gasteiger partial charge in [-0.1, -0.05) is 38.1 Å². The lowest BCUT2D eigenvalue weighted by Gasteiger charge is -2.37. The van der Waals surface area contributed by atoms with E-state index in [9.17, 15) is 9.59 Å². The number of methoxy groups -OCH3 is 1. The Bertz CT molecular complexity index is 979. The highest BCUT2D eigenvalue weighted by Gasteiger charge is 2.76. The van der Waals surface area contributed by atoms with Gasteiger partial charge in [-0.3, -0.25) is 4.79 Å². The van der Waals surface area contributed by atoms with Gasteiger partial charge in [0.1, 0.15) is 11.9 Å². The molecule has 2 aliphatic carbocycles. The van der Waals surface area contributed by atoms with Gasteiger partial charge in [0.05, 0.1) is 25.7 Å². The first-order chi connectivity index (χ1) is 16.1. The number of carbonyl (C=O) groups excluding carboxylic acids is 2. The molecule has 4 rings (SSSR count). The number of allylic oxidation sites excluding steroid dienone is 1. The van der Waals surface area contributed by atoms with Crippen molar-refractivity contribution in [3.8, 4) is 5.75 Å². The molecule has 1 aliphatic heterocycles. The van der Waals surface area contributed by atoms with Crippen LogP contribution in [0.5, 0.6) is 5.75 Å². The largest absolute Gasteiger partial charge is 0.497 e. The van der Waals surface area contributed by atoms with Gasteiger partial charge in [0.15, 0.2) is 0 Å². The average molecular weight is 469 g/mol. The fourth-order valence-electron chi connectivity index (χ4n) is 5.68. The van der Waals surface area contributed by atoms with E-state index >= 15 is 0 Å². The molecule has 4 atom stereocenters. The van der Waals surface area contributed by atoms with Crippen molar-refractivity contribution < 1.29 is 28.5 Å². The zero-order chi connectivity index (χ0) is 24.6. The fourth-order valence-corrected chi connectivity index (χ4v) is 5.68. The van der Waals surface area contributed by atoms with Gasteiger partial charge in [0.2, 0.25) is 5.60 Å². The van der Waals surface area contributed by atoms with Crippen LogP contribution in [0.4, 0.5) is 0 Å². The summed E-state index contributed by atoms with van der Waals surface area (Å²) in [6.45, 7) is 10.8. The van der Waals surface area contributed by atoms with Gasteiger partial charge < -0.3 is 18.9 Å². The molecule has 34 heavy (non-hydrogen) atoms. The summed E-state index contributed by atoms with van der Waals surface area (Å²) < 4.78 is 22.9. The fraction of sp³-hybridized carbons (Fsp3) is 0.571. The van der Waals surface area contributed by atoms with Gasteiger partial charge in [0.25, 0.3) is 0 Å². The third-order valence-corrected chi connectivity index (χ3v) is 8.63. The zero-order valence-electron chi connectivity index (χ0n) is 20.7. The molecule has 3 aliphatic rings. The minimum atomic E-state index is -1.19. The van der Waals surface area contributed by atoms with Gasteiger partial charge in [0, 0.05) is 10.8 Å². The molecule has 0 aromatic heterocycles. The topological polar surface area (TPSA) is 71.1 Å². The molecule has 1 heterocycles. The van der Waals surface area contributed by atoms with Gasteiger partial charge in [-0.25, -0.2) is 4.79 Å². The van der Waals surface area contributed by atoms with E-state index in [1.165, 1.54) is 0 Å². The van der Waals surface area contributed by atoms with Crippen molar-refractivity contribution in [3.05, 3.63) is 54.6 Å². The first kappa shape index (κ1) is 24.5. The Morgan fingerprint density at radius 3 is 2.44 bits per heavy atom. The molecular formula is C28H36O6. The summed E-state index contributed by atoms with van der Waals surface area (Å²) in [4.78, 5) is 25.8. The molecule has 1 aromatic carbocycles.